The van der Waals surface area contributed by atoms with Crippen molar-refractivity contribution in [3.05, 3.63) is 12.4 Å². The summed E-state index contributed by atoms with van der Waals surface area (Å²) in [4.78, 5) is 10.6. The third kappa shape index (κ3) is 1.71. The highest BCUT2D eigenvalue weighted by atomic mass is 15.2. The Bertz CT molecular complexity index is 283. The van der Waals surface area contributed by atoms with Crippen molar-refractivity contribution in [3.63, 3.8) is 0 Å². The zero-order valence-electron chi connectivity index (χ0n) is 7.82. The zero-order valence-corrected chi connectivity index (χ0v) is 7.82. The van der Waals surface area contributed by atoms with Crippen LogP contribution in [0.3, 0.4) is 0 Å². The van der Waals surface area contributed by atoms with Gasteiger partial charge in [0, 0.05) is 25.7 Å². The fraction of sp³-hybridized carbons (Fsp3) is 0.556. The molecule has 0 saturated carbocycles. The van der Waals surface area contributed by atoms with E-state index in [2.05, 4.69) is 27.1 Å². The number of anilines is 2. The molecular weight excluding hydrogens is 164 g/mol. The number of nitrogens with one attached hydrogen (secondary N) is 1. The largest absolute Gasteiger partial charge is 0.370 e. The fourth-order valence-corrected chi connectivity index (χ4v) is 1.34. The van der Waals surface area contributed by atoms with Crippen molar-refractivity contribution in [1.82, 2.24) is 9.97 Å². The third-order valence-electron chi connectivity index (χ3n) is 2.19. The first-order valence-corrected chi connectivity index (χ1v) is 4.71. The van der Waals surface area contributed by atoms with E-state index in [1.807, 2.05) is 6.07 Å². The number of hydrogen-bond acceptors (Lipinski definition) is 4. The molecule has 1 N–H and O–H groups in total. The van der Waals surface area contributed by atoms with Gasteiger partial charge in [-0.3, -0.25) is 0 Å². The van der Waals surface area contributed by atoms with Crippen molar-refractivity contribution in [2.24, 2.45) is 0 Å². The van der Waals surface area contributed by atoms with Crippen molar-refractivity contribution in [2.75, 3.05) is 29.9 Å². The Morgan fingerprint density at radius 1 is 1.46 bits per heavy atom. The van der Waals surface area contributed by atoms with Gasteiger partial charge < -0.3 is 10.2 Å². The van der Waals surface area contributed by atoms with Crippen LogP contribution < -0.4 is 10.2 Å². The van der Waals surface area contributed by atoms with E-state index in [0.29, 0.717) is 0 Å². The maximum atomic E-state index is 4.22. The highest BCUT2D eigenvalue weighted by Crippen LogP contribution is 2.18. The smallest absolute Gasteiger partial charge is 0.134 e. The molecule has 2 rings (SSSR count). The van der Waals surface area contributed by atoms with Gasteiger partial charge in [-0.2, -0.15) is 0 Å². The van der Waals surface area contributed by atoms with Gasteiger partial charge in [-0.05, 0) is 13.3 Å². The lowest BCUT2D eigenvalue weighted by atomic mass is 10.2. The maximum absolute atomic E-state index is 4.22. The molecule has 0 aromatic carbocycles. The van der Waals surface area contributed by atoms with E-state index in [9.17, 15) is 0 Å². The zero-order chi connectivity index (χ0) is 9.10. The number of nitrogens with zero attached hydrogens (tertiary/aromatic N) is 3. The van der Waals surface area contributed by atoms with E-state index < -0.39 is 0 Å². The maximum Gasteiger partial charge on any atom is 0.134 e. The van der Waals surface area contributed by atoms with Crippen LogP contribution in [0, 0.1) is 0 Å². The standard InChI is InChI=1S/C9H14N4/c1-2-10-8-6-9(12-7-11-8)13-4-3-5-13/h6-7H,2-5H2,1H3,(H,10,11,12). The second-order valence-corrected chi connectivity index (χ2v) is 3.13. The third-order valence-corrected chi connectivity index (χ3v) is 2.19. The quantitative estimate of drug-likeness (QED) is 0.753. The molecule has 70 valence electrons. The Morgan fingerprint density at radius 3 is 2.92 bits per heavy atom. The van der Waals surface area contributed by atoms with Crippen LogP contribution in [0.4, 0.5) is 11.6 Å². The molecule has 0 unspecified atom stereocenters. The molecule has 4 nitrogen and oxygen atoms in total. The van der Waals surface area contributed by atoms with Gasteiger partial charge in [0.1, 0.15) is 18.0 Å². The van der Waals surface area contributed by atoms with E-state index in [1.165, 1.54) is 6.42 Å². The Morgan fingerprint density at radius 2 is 2.31 bits per heavy atom. The normalized spacial score (nSPS) is 15.3. The molecule has 0 radical (unpaired) electrons. The van der Waals surface area contributed by atoms with Gasteiger partial charge in [-0.25, -0.2) is 9.97 Å². The lowest BCUT2D eigenvalue weighted by Crippen LogP contribution is -2.37. The summed E-state index contributed by atoms with van der Waals surface area (Å²) in [5, 5.41) is 3.17. The molecule has 13 heavy (non-hydrogen) atoms. The van der Waals surface area contributed by atoms with Crippen LogP contribution in [0.2, 0.25) is 0 Å². The highest BCUT2D eigenvalue weighted by Gasteiger charge is 2.15. The molecule has 1 aromatic rings. The summed E-state index contributed by atoms with van der Waals surface area (Å²) in [6.07, 6.45) is 2.90. The highest BCUT2D eigenvalue weighted by molar-refractivity contribution is 5.49. The summed E-state index contributed by atoms with van der Waals surface area (Å²) in [5.41, 5.74) is 0. The summed E-state index contributed by atoms with van der Waals surface area (Å²) < 4.78 is 0. The summed E-state index contributed by atoms with van der Waals surface area (Å²) in [5.74, 6) is 1.96. The van der Waals surface area contributed by atoms with Crippen LogP contribution in [0.25, 0.3) is 0 Å². The predicted molar refractivity (Wildman–Crippen MR) is 53.0 cm³/mol. The first-order valence-electron chi connectivity index (χ1n) is 4.71. The lowest BCUT2D eigenvalue weighted by molar-refractivity contribution is 0.609. The van der Waals surface area contributed by atoms with Crippen molar-refractivity contribution in [3.8, 4) is 0 Å². The Balaban J connectivity index is 2.11. The monoisotopic (exact) mass is 178 g/mol. The van der Waals surface area contributed by atoms with Crippen LogP contribution >= 0.6 is 0 Å². The molecule has 0 spiro atoms. The average molecular weight is 178 g/mol. The minimum atomic E-state index is 0.899. The molecule has 4 heteroatoms. The predicted octanol–water partition coefficient (Wildman–Crippen LogP) is 1.12. The minimum Gasteiger partial charge on any atom is -0.370 e. The molecular formula is C9H14N4. The minimum absolute atomic E-state index is 0.899. The molecule has 0 bridgehead atoms. The van der Waals surface area contributed by atoms with Crippen LogP contribution in [-0.4, -0.2) is 29.6 Å². The topological polar surface area (TPSA) is 41.0 Å². The number of aromatic nitrogens is 2. The second-order valence-electron chi connectivity index (χ2n) is 3.13. The Hall–Kier alpha value is -1.32. The molecule has 1 aliphatic rings. The van der Waals surface area contributed by atoms with Crippen molar-refractivity contribution in [2.45, 2.75) is 13.3 Å². The second kappa shape index (κ2) is 3.60. The number of rotatable bonds is 3. The first kappa shape index (κ1) is 8.29. The van der Waals surface area contributed by atoms with Crippen LogP contribution in [0.1, 0.15) is 13.3 Å². The van der Waals surface area contributed by atoms with E-state index in [-0.39, 0.29) is 0 Å². The van der Waals surface area contributed by atoms with Crippen molar-refractivity contribution >= 4 is 11.6 Å². The Kier molecular flexibility index (Phi) is 2.29. The Labute approximate surface area is 78.0 Å². The van der Waals surface area contributed by atoms with Gasteiger partial charge in [-0.1, -0.05) is 0 Å². The molecule has 2 heterocycles. The van der Waals surface area contributed by atoms with Crippen molar-refractivity contribution in [1.29, 1.82) is 0 Å². The van der Waals surface area contributed by atoms with Gasteiger partial charge in [-0.15, -0.1) is 0 Å². The molecule has 0 atom stereocenters. The summed E-state index contributed by atoms with van der Waals surface area (Å²) in [6.45, 7) is 5.22. The van der Waals surface area contributed by atoms with E-state index in [4.69, 9.17) is 0 Å². The SMILES string of the molecule is CCNc1cc(N2CCC2)ncn1. The van der Waals surface area contributed by atoms with Gasteiger partial charge in [0.05, 0.1) is 0 Å². The average Bonchev–Trinajstić information content (AvgIpc) is 2.02. The van der Waals surface area contributed by atoms with Crippen molar-refractivity contribution < 1.29 is 0 Å². The number of hydrogen-bond donors (Lipinski definition) is 1. The molecule has 0 aliphatic carbocycles. The van der Waals surface area contributed by atoms with Gasteiger partial charge in [0.15, 0.2) is 0 Å². The first-order chi connectivity index (χ1) is 6.40. The van der Waals surface area contributed by atoms with Crippen LogP contribution in [-0.2, 0) is 0 Å². The van der Waals surface area contributed by atoms with E-state index in [1.54, 1.807) is 6.33 Å². The van der Waals surface area contributed by atoms with Gasteiger partial charge >= 0.3 is 0 Å². The van der Waals surface area contributed by atoms with Crippen LogP contribution in [0.5, 0.6) is 0 Å². The molecule has 0 amide bonds. The summed E-state index contributed by atoms with van der Waals surface area (Å²) >= 11 is 0. The van der Waals surface area contributed by atoms with Gasteiger partial charge in [0.25, 0.3) is 0 Å². The van der Waals surface area contributed by atoms with E-state index >= 15 is 0 Å². The summed E-state index contributed by atoms with van der Waals surface area (Å²) in [6, 6.07) is 2.00. The molecule has 1 fully saturated rings. The summed E-state index contributed by atoms with van der Waals surface area (Å²) in [7, 11) is 0. The van der Waals surface area contributed by atoms with Gasteiger partial charge in [0.2, 0.25) is 0 Å². The molecule has 1 saturated heterocycles. The lowest BCUT2D eigenvalue weighted by Gasteiger charge is -2.31. The molecule has 1 aromatic heterocycles. The van der Waals surface area contributed by atoms with E-state index in [0.717, 1.165) is 31.3 Å². The van der Waals surface area contributed by atoms with Crippen LogP contribution in [0.15, 0.2) is 12.4 Å². The molecule has 1 aliphatic heterocycles. The fourth-order valence-electron chi connectivity index (χ4n) is 1.34.